The van der Waals surface area contributed by atoms with Gasteiger partial charge < -0.3 is 4.90 Å². The molecule has 1 aliphatic heterocycles. The molecule has 1 aliphatic rings. The molecule has 0 bridgehead atoms. The lowest BCUT2D eigenvalue weighted by Crippen LogP contribution is -2.46. The monoisotopic (exact) mass is 279 g/mol. The van der Waals surface area contributed by atoms with Gasteiger partial charge in [-0.2, -0.15) is 5.26 Å². The number of hydrogen-bond donors (Lipinski definition) is 0. The number of nitriles is 1. The molecular weight excluding hydrogens is 262 g/mol. The smallest absolute Gasteiger partial charge is 0.234 e. The molecule has 0 saturated carbocycles. The lowest BCUT2D eigenvalue weighted by atomic mass is 10.2. The summed E-state index contributed by atoms with van der Waals surface area (Å²) in [4.78, 5) is 12.8. The van der Waals surface area contributed by atoms with Gasteiger partial charge >= 0.3 is 0 Å². The number of rotatable bonds is 3. The van der Waals surface area contributed by atoms with Crippen LogP contribution in [0.2, 0.25) is 0 Å². The van der Waals surface area contributed by atoms with Gasteiger partial charge in [-0.3, -0.25) is 4.90 Å². The summed E-state index contributed by atoms with van der Waals surface area (Å²) in [5, 5.41) is 8.86. The summed E-state index contributed by atoms with van der Waals surface area (Å²) < 4.78 is 0. The van der Waals surface area contributed by atoms with Gasteiger partial charge in [0.05, 0.1) is 0 Å². The highest BCUT2D eigenvalue weighted by atomic mass is 15.3. The van der Waals surface area contributed by atoms with E-state index in [4.69, 9.17) is 5.26 Å². The molecule has 1 saturated heterocycles. The van der Waals surface area contributed by atoms with E-state index in [1.165, 1.54) is 5.56 Å². The molecule has 1 aromatic heterocycles. The van der Waals surface area contributed by atoms with Gasteiger partial charge in [-0.15, -0.1) is 0 Å². The Kier molecular flexibility index (Phi) is 4.08. The Hall–Kier alpha value is -2.45. The second kappa shape index (κ2) is 6.33. The van der Waals surface area contributed by atoms with Crippen LogP contribution in [0.1, 0.15) is 11.4 Å². The molecule has 3 rings (SSSR count). The van der Waals surface area contributed by atoms with Gasteiger partial charge in [0.25, 0.3) is 0 Å². The summed E-state index contributed by atoms with van der Waals surface area (Å²) in [6.45, 7) is 4.84. The number of hydrogen-bond acceptors (Lipinski definition) is 5. The Morgan fingerprint density at radius 1 is 1.05 bits per heavy atom. The Balaban J connectivity index is 1.59. The fraction of sp³-hybridized carbons (Fsp3) is 0.312. The normalized spacial score (nSPS) is 15.7. The highest BCUT2D eigenvalue weighted by Crippen LogP contribution is 2.14. The minimum Gasteiger partial charge on any atom is -0.354 e. The van der Waals surface area contributed by atoms with Gasteiger partial charge in [0.1, 0.15) is 11.9 Å². The van der Waals surface area contributed by atoms with Gasteiger partial charge in [0.2, 0.25) is 5.82 Å². The largest absolute Gasteiger partial charge is 0.354 e. The third kappa shape index (κ3) is 3.36. The summed E-state index contributed by atoms with van der Waals surface area (Å²) in [5.74, 6) is 1.08. The van der Waals surface area contributed by atoms with Crippen molar-refractivity contribution < 1.29 is 0 Å². The molecule has 0 N–H and O–H groups in total. The lowest BCUT2D eigenvalue weighted by molar-refractivity contribution is 0.249. The van der Waals surface area contributed by atoms with Gasteiger partial charge in [-0.05, 0) is 11.6 Å². The van der Waals surface area contributed by atoms with Crippen molar-refractivity contribution in [2.24, 2.45) is 0 Å². The fourth-order valence-electron chi connectivity index (χ4n) is 2.56. The van der Waals surface area contributed by atoms with Crippen LogP contribution in [0.15, 0.2) is 42.6 Å². The van der Waals surface area contributed by atoms with Crippen molar-refractivity contribution in [3.63, 3.8) is 0 Å². The van der Waals surface area contributed by atoms with Gasteiger partial charge in [0, 0.05) is 38.9 Å². The van der Waals surface area contributed by atoms with Crippen LogP contribution in [0, 0.1) is 11.3 Å². The number of nitrogens with zero attached hydrogens (tertiary/aromatic N) is 5. The zero-order chi connectivity index (χ0) is 14.5. The molecule has 0 amide bonds. The van der Waals surface area contributed by atoms with E-state index in [1.54, 1.807) is 6.20 Å². The van der Waals surface area contributed by atoms with E-state index in [1.807, 2.05) is 18.2 Å². The molecule has 0 unspecified atom stereocenters. The molecule has 0 atom stereocenters. The van der Waals surface area contributed by atoms with Crippen molar-refractivity contribution in [1.29, 1.82) is 5.26 Å². The summed E-state index contributed by atoms with van der Waals surface area (Å²) >= 11 is 0. The van der Waals surface area contributed by atoms with E-state index in [2.05, 4.69) is 44.0 Å². The van der Waals surface area contributed by atoms with E-state index in [0.29, 0.717) is 0 Å². The van der Waals surface area contributed by atoms with Crippen molar-refractivity contribution in [3.8, 4) is 6.07 Å². The summed E-state index contributed by atoms with van der Waals surface area (Å²) in [6, 6.07) is 14.4. The predicted molar refractivity (Wildman–Crippen MR) is 80.7 cm³/mol. The van der Waals surface area contributed by atoms with Crippen molar-refractivity contribution in [2.75, 3.05) is 31.1 Å². The average molecular weight is 279 g/mol. The molecular formula is C16H17N5. The topological polar surface area (TPSA) is 56.1 Å². The Morgan fingerprint density at radius 3 is 2.52 bits per heavy atom. The molecule has 1 aromatic carbocycles. The van der Waals surface area contributed by atoms with E-state index in [-0.39, 0.29) is 5.82 Å². The van der Waals surface area contributed by atoms with Crippen LogP contribution in [0.25, 0.3) is 0 Å². The van der Waals surface area contributed by atoms with E-state index in [9.17, 15) is 0 Å². The predicted octanol–water partition coefficient (Wildman–Crippen LogP) is 1.67. The molecule has 5 heteroatoms. The zero-order valence-corrected chi connectivity index (χ0v) is 11.8. The molecule has 21 heavy (non-hydrogen) atoms. The highest BCUT2D eigenvalue weighted by molar-refractivity contribution is 5.39. The van der Waals surface area contributed by atoms with Crippen LogP contribution >= 0.6 is 0 Å². The SMILES string of the molecule is N#Cc1nccc(N2CCN(Cc3ccccc3)CC2)n1. The summed E-state index contributed by atoms with van der Waals surface area (Å²) in [7, 11) is 0. The molecule has 0 spiro atoms. The van der Waals surface area contributed by atoms with Crippen molar-refractivity contribution in [2.45, 2.75) is 6.54 Å². The minimum absolute atomic E-state index is 0.235. The average Bonchev–Trinajstić information content (AvgIpc) is 2.56. The van der Waals surface area contributed by atoms with Crippen molar-refractivity contribution in [1.82, 2.24) is 14.9 Å². The Labute approximate surface area is 124 Å². The maximum Gasteiger partial charge on any atom is 0.234 e. The summed E-state index contributed by atoms with van der Waals surface area (Å²) in [6.07, 6.45) is 1.65. The van der Waals surface area contributed by atoms with Crippen LogP contribution < -0.4 is 4.90 Å². The standard InChI is InChI=1S/C16H17N5/c17-12-15-18-7-6-16(19-15)21-10-8-20(9-11-21)13-14-4-2-1-3-5-14/h1-7H,8-11,13H2. The van der Waals surface area contributed by atoms with Crippen LogP contribution in [0.4, 0.5) is 5.82 Å². The van der Waals surface area contributed by atoms with E-state index in [0.717, 1.165) is 38.5 Å². The second-order valence-electron chi connectivity index (χ2n) is 5.10. The third-order valence-electron chi connectivity index (χ3n) is 3.69. The van der Waals surface area contributed by atoms with Crippen molar-refractivity contribution >= 4 is 5.82 Å². The quantitative estimate of drug-likeness (QED) is 0.855. The van der Waals surface area contributed by atoms with E-state index < -0.39 is 0 Å². The third-order valence-corrected chi connectivity index (χ3v) is 3.69. The number of anilines is 1. The van der Waals surface area contributed by atoms with Gasteiger partial charge in [0.15, 0.2) is 0 Å². The first-order valence-electron chi connectivity index (χ1n) is 7.09. The first-order valence-corrected chi connectivity index (χ1v) is 7.09. The minimum atomic E-state index is 0.235. The highest BCUT2D eigenvalue weighted by Gasteiger charge is 2.18. The molecule has 2 aromatic rings. The van der Waals surface area contributed by atoms with Crippen LogP contribution in [0.5, 0.6) is 0 Å². The number of aromatic nitrogens is 2. The molecule has 1 fully saturated rings. The number of piperazine rings is 1. The summed E-state index contributed by atoms with van der Waals surface area (Å²) in [5.41, 5.74) is 1.35. The molecule has 2 heterocycles. The lowest BCUT2D eigenvalue weighted by Gasteiger charge is -2.35. The maximum atomic E-state index is 8.86. The second-order valence-corrected chi connectivity index (χ2v) is 5.10. The maximum absolute atomic E-state index is 8.86. The molecule has 5 nitrogen and oxygen atoms in total. The number of benzene rings is 1. The molecule has 106 valence electrons. The molecule has 0 aliphatic carbocycles. The zero-order valence-electron chi connectivity index (χ0n) is 11.8. The first kappa shape index (κ1) is 13.5. The Morgan fingerprint density at radius 2 is 1.81 bits per heavy atom. The fourth-order valence-corrected chi connectivity index (χ4v) is 2.56. The Bertz CT molecular complexity index is 627. The van der Waals surface area contributed by atoms with Gasteiger partial charge in [-0.1, -0.05) is 30.3 Å². The van der Waals surface area contributed by atoms with Crippen LogP contribution in [-0.2, 0) is 6.54 Å². The van der Waals surface area contributed by atoms with Crippen molar-refractivity contribution in [3.05, 3.63) is 54.0 Å². The van der Waals surface area contributed by atoms with Crippen LogP contribution in [-0.4, -0.2) is 41.0 Å². The first-order chi connectivity index (χ1) is 10.3. The van der Waals surface area contributed by atoms with E-state index >= 15 is 0 Å². The van der Waals surface area contributed by atoms with Crippen LogP contribution in [0.3, 0.4) is 0 Å². The molecule has 0 radical (unpaired) electrons. The van der Waals surface area contributed by atoms with Gasteiger partial charge in [-0.25, -0.2) is 9.97 Å².